The van der Waals surface area contributed by atoms with Gasteiger partial charge in [-0.05, 0) is 55.2 Å². The normalized spacial score (nSPS) is 28.1. The van der Waals surface area contributed by atoms with Crippen molar-refractivity contribution >= 4 is 5.78 Å². The van der Waals surface area contributed by atoms with Crippen molar-refractivity contribution in [3.63, 3.8) is 0 Å². The molecular weight excluding hydrogens is 224 g/mol. The van der Waals surface area contributed by atoms with Crippen LogP contribution in [-0.2, 0) is 11.2 Å². The average molecular weight is 246 g/mol. The molecular formula is C15H22N2O. The Hall–Kier alpha value is -1.22. The lowest BCUT2D eigenvalue weighted by Gasteiger charge is -2.32. The standard InChI is InChI=1S/C15H22N2O/c1-10-5-12(8-14(16)6-10)15-3-4-17-9-13(15)7-11(2)18/h3-4,9-10,12,14H,5-8,16H2,1-2H3/t10-,12+,14-/m0/s1. The maximum atomic E-state index is 11.3. The van der Waals surface area contributed by atoms with E-state index in [0.717, 1.165) is 18.4 Å². The lowest BCUT2D eigenvalue weighted by atomic mass is 9.75. The van der Waals surface area contributed by atoms with E-state index < -0.39 is 0 Å². The molecule has 98 valence electrons. The van der Waals surface area contributed by atoms with Crippen molar-refractivity contribution in [2.45, 2.75) is 51.5 Å². The molecule has 2 rings (SSSR count). The molecule has 1 aliphatic carbocycles. The lowest BCUT2D eigenvalue weighted by Crippen LogP contribution is -2.31. The van der Waals surface area contributed by atoms with E-state index in [2.05, 4.69) is 18.0 Å². The van der Waals surface area contributed by atoms with Crippen LogP contribution in [0, 0.1) is 5.92 Å². The zero-order valence-corrected chi connectivity index (χ0v) is 11.2. The minimum Gasteiger partial charge on any atom is -0.328 e. The fraction of sp³-hybridized carbons (Fsp3) is 0.600. The third-order valence-electron chi connectivity index (χ3n) is 3.80. The molecule has 1 fully saturated rings. The molecule has 0 aliphatic heterocycles. The highest BCUT2D eigenvalue weighted by Gasteiger charge is 2.26. The van der Waals surface area contributed by atoms with E-state index in [1.807, 2.05) is 12.4 Å². The number of nitrogens with two attached hydrogens (primary N) is 1. The third kappa shape index (κ3) is 3.16. The fourth-order valence-electron chi connectivity index (χ4n) is 3.16. The largest absolute Gasteiger partial charge is 0.328 e. The highest BCUT2D eigenvalue weighted by atomic mass is 16.1. The first kappa shape index (κ1) is 13.2. The second kappa shape index (κ2) is 5.61. The maximum absolute atomic E-state index is 11.3. The fourth-order valence-corrected chi connectivity index (χ4v) is 3.16. The van der Waals surface area contributed by atoms with Gasteiger partial charge in [-0.3, -0.25) is 9.78 Å². The zero-order chi connectivity index (χ0) is 13.1. The van der Waals surface area contributed by atoms with Gasteiger partial charge in [0.1, 0.15) is 5.78 Å². The molecule has 3 atom stereocenters. The highest BCUT2D eigenvalue weighted by molar-refractivity contribution is 5.78. The van der Waals surface area contributed by atoms with Gasteiger partial charge in [-0.2, -0.15) is 0 Å². The predicted octanol–water partition coefficient (Wildman–Crippen LogP) is 2.44. The highest BCUT2D eigenvalue weighted by Crippen LogP contribution is 2.36. The van der Waals surface area contributed by atoms with Crippen LogP contribution in [0.5, 0.6) is 0 Å². The van der Waals surface area contributed by atoms with E-state index >= 15 is 0 Å². The van der Waals surface area contributed by atoms with Gasteiger partial charge in [-0.1, -0.05) is 6.92 Å². The van der Waals surface area contributed by atoms with Crippen LogP contribution in [0.1, 0.15) is 50.2 Å². The summed E-state index contributed by atoms with van der Waals surface area (Å²) < 4.78 is 0. The number of rotatable bonds is 3. The molecule has 0 saturated heterocycles. The number of carbonyl (C=O) groups excluding carboxylic acids is 1. The van der Waals surface area contributed by atoms with Crippen LogP contribution in [0.15, 0.2) is 18.5 Å². The molecule has 1 aliphatic rings. The molecule has 2 N–H and O–H groups in total. The number of Topliss-reactive ketones (excluding diaryl/α,β-unsaturated/α-hetero) is 1. The summed E-state index contributed by atoms with van der Waals surface area (Å²) in [7, 11) is 0. The summed E-state index contributed by atoms with van der Waals surface area (Å²) in [4.78, 5) is 15.5. The van der Waals surface area contributed by atoms with Crippen LogP contribution >= 0.6 is 0 Å². The number of pyridine rings is 1. The molecule has 0 radical (unpaired) electrons. The monoisotopic (exact) mass is 246 g/mol. The Morgan fingerprint density at radius 1 is 1.44 bits per heavy atom. The molecule has 0 amide bonds. The Kier molecular flexibility index (Phi) is 4.12. The molecule has 1 aromatic heterocycles. The quantitative estimate of drug-likeness (QED) is 0.891. The number of nitrogens with zero attached hydrogens (tertiary/aromatic N) is 1. The molecule has 0 aromatic carbocycles. The van der Waals surface area contributed by atoms with Gasteiger partial charge in [0, 0.05) is 24.9 Å². The summed E-state index contributed by atoms with van der Waals surface area (Å²) in [5, 5.41) is 0. The second-order valence-electron chi connectivity index (χ2n) is 5.72. The van der Waals surface area contributed by atoms with Crippen molar-refractivity contribution in [1.82, 2.24) is 4.98 Å². The Morgan fingerprint density at radius 3 is 2.89 bits per heavy atom. The SMILES string of the molecule is CC(=O)Cc1cnccc1[C@@H]1C[C@H](C)C[C@H](N)C1. The first-order chi connectivity index (χ1) is 8.56. The molecule has 0 spiro atoms. The minimum atomic E-state index is 0.192. The Labute approximate surface area is 109 Å². The maximum Gasteiger partial charge on any atom is 0.134 e. The first-order valence-corrected chi connectivity index (χ1v) is 6.74. The summed E-state index contributed by atoms with van der Waals surface area (Å²) in [5.74, 6) is 1.34. The first-order valence-electron chi connectivity index (χ1n) is 6.74. The number of ketones is 1. The molecule has 3 heteroatoms. The van der Waals surface area contributed by atoms with E-state index in [1.54, 1.807) is 6.92 Å². The summed E-state index contributed by atoms with van der Waals surface area (Å²) in [6, 6.07) is 2.35. The van der Waals surface area contributed by atoms with Crippen LogP contribution < -0.4 is 5.73 Å². The van der Waals surface area contributed by atoms with Crippen molar-refractivity contribution in [3.8, 4) is 0 Å². The number of hydrogen-bond acceptors (Lipinski definition) is 3. The molecule has 1 aromatic rings. The van der Waals surface area contributed by atoms with Gasteiger partial charge in [0.2, 0.25) is 0 Å². The topological polar surface area (TPSA) is 56.0 Å². The molecule has 3 nitrogen and oxygen atoms in total. The molecule has 18 heavy (non-hydrogen) atoms. The Balaban J connectivity index is 2.23. The van der Waals surface area contributed by atoms with Gasteiger partial charge in [-0.15, -0.1) is 0 Å². The summed E-state index contributed by atoms with van der Waals surface area (Å²) in [6.45, 7) is 3.89. The van der Waals surface area contributed by atoms with E-state index in [-0.39, 0.29) is 11.8 Å². The van der Waals surface area contributed by atoms with Crippen LogP contribution in [-0.4, -0.2) is 16.8 Å². The molecule has 0 unspecified atom stereocenters. The van der Waals surface area contributed by atoms with Gasteiger partial charge in [0.25, 0.3) is 0 Å². The van der Waals surface area contributed by atoms with Crippen molar-refractivity contribution in [2.24, 2.45) is 11.7 Å². The smallest absolute Gasteiger partial charge is 0.134 e. The van der Waals surface area contributed by atoms with Crippen LogP contribution in [0.25, 0.3) is 0 Å². The van der Waals surface area contributed by atoms with E-state index in [4.69, 9.17) is 5.73 Å². The van der Waals surface area contributed by atoms with Crippen molar-refractivity contribution < 1.29 is 4.79 Å². The number of carbonyl (C=O) groups is 1. The van der Waals surface area contributed by atoms with E-state index in [1.165, 1.54) is 12.0 Å². The van der Waals surface area contributed by atoms with Gasteiger partial charge in [0.05, 0.1) is 0 Å². The number of hydrogen-bond donors (Lipinski definition) is 1. The van der Waals surface area contributed by atoms with Crippen LogP contribution in [0.3, 0.4) is 0 Å². The zero-order valence-electron chi connectivity index (χ0n) is 11.2. The van der Waals surface area contributed by atoms with Gasteiger partial charge < -0.3 is 5.73 Å². The van der Waals surface area contributed by atoms with Crippen LogP contribution in [0.4, 0.5) is 0 Å². The lowest BCUT2D eigenvalue weighted by molar-refractivity contribution is -0.116. The number of aromatic nitrogens is 1. The summed E-state index contributed by atoms with van der Waals surface area (Å²) >= 11 is 0. The van der Waals surface area contributed by atoms with Gasteiger partial charge >= 0.3 is 0 Å². The molecule has 1 heterocycles. The summed E-state index contributed by atoms with van der Waals surface area (Å²) in [5.41, 5.74) is 8.48. The van der Waals surface area contributed by atoms with Gasteiger partial charge in [0.15, 0.2) is 0 Å². The van der Waals surface area contributed by atoms with E-state index in [0.29, 0.717) is 18.3 Å². The minimum absolute atomic E-state index is 0.192. The van der Waals surface area contributed by atoms with Gasteiger partial charge in [-0.25, -0.2) is 0 Å². The van der Waals surface area contributed by atoms with E-state index in [9.17, 15) is 4.79 Å². The van der Waals surface area contributed by atoms with Crippen molar-refractivity contribution in [2.75, 3.05) is 0 Å². The predicted molar refractivity (Wildman–Crippen MR) is 72.4 cm³/mol. The van der Waals surface area contributed by atoms with Crippen molar-refractivity contribution in [3.05, 3.63) is 29.6 Å². The Morgan fingerprint density at radius 2 is 2.22 bits per heavy atom. The summed E-state index contributed by atoms with van der Waals surface area (Å²) in [6.07, 6.45) is 7.46. The molecule has 1 saturated carbocycles. The average Bonchev–Trinajstić information content (AvgIpc) is 2.27. The third-order valence-corrected chi connectivity index (χ3v) is 3.80. The van der Waals surface area contributed by atoms with Crippen molar-refractivity contribution in [1.29, 1.82) is 0 Å². The molecule has 0 bridgehead atoms. The van der Waals surface area contributed by atoms with Crippen LogP contribution in [0.2, 0.25) is 0 Å². The Bertz CT molecular complexity index is 420. The second-order valence-corrected chi connectivity index (χ2v) is 5.72.